The highest BCUT2D eigenvalue weighted by atomic mass is 32.2. The molecule has 2 rings (SSSR count). The van der Waals surface area contributed by atoms with E-state index in [1.54, 1.807) is 17.0 Å². The Hall–Kier alpha value is -1.67. The minimum Gasteiger partial charge on any atom is -0.334 e. The molecule has 0 aromatic heterocycles. The lowest BCUT2D eigenvalue weighted by atomic mass is 10.1. The van der Waals surface area contributed by atoms with Crippen LogP contribution in [-0.4, -0.2) is 44.7 Å². The van der Waals surface area contributed by atoms with E-state index >= 15 is 0 Å². The first-order valence-electron chi connectivity index (χ1n) is 7.08. The fraction of sp³-hybridized carbons (Fsp3) is 0.500. The number of amides is 2. The number of rotatable bonds is 4. The molecule has 22 heavy (non-hydrogen) atoms. The summed E-state index contributed by atoms with van der Waals surface area (Å²) in [6, 6.07) is 5.49. The van der Waals surface area contributed by atoms with Crippen molar-refractivity contribution in [2.24, 2.45) is 0 Å². The number of hydrogen-bond acceptors (Lipinski definition) is 3. The zero-order valence-corrected chi connectivity index (χ0v) is 13.2. The molecule has 122 valence electrons. The Bertz CT molecular complexity index is 636. The summed E-state index contributed by atoms with van der Waals surface area (Å²) in [6.07, 6.45) is 2.55. The maximum absolute atomic E-state index is 13.1. The average molecular weight is 329 g/mol. The van der Waals surface area contributed by atoms with Crippen LogP contribution in [0.5, 0.6) is 0 Å². The van der Waals surface area contributed by atoms with Gasteiger partial charge in [0, 0.05) is 25.7 Å². The Labute approximate surface area is 129 Å². The molecular formula is C14H20FN3O3S. The monoisotopic (exact) mass is 329 g/mol. The van der Waals surface area contributed by atoms with E-state index in [2.05, 4.69) is 10.0 Å². The van der Waals surface area contributed by atoms with Gasteiger partial charge in [-0.2, -0.15) is 0 Å². The normalized spacial score (nSPS) is 19.0. The summed E-state index contributed by atoms with van der Waals surface area (Å²) in [5, 5.41) is 2.72. The van der Waals surface area contributed by atoms with Crippen LogP contribution in [0.1, 0.15) is 18.4 Å². The lowest BCUT2D eigenvalue weighted by molar-refractivity contribution is 0.177. The first kappa shape index (κ1) is 16.7. The molecular weight excluding hydrogens is 309 g/mol. The van der Waals surface area contributed by atoms with Crippen LogP contribution in [0.2, 0.25) is 0 Å². The number of halogens is 1. The number of benzene rings is 1. The topological polar surface area (TPSA) is 78.5 Å². The van der Waals surface area contributed by atoms with Gasteiger partial charge >= 0.3 is 6.03 Å². The van der Waals surface area contributed by atoms with Gasteiger partial charge in [-0.3, -0.25) is 0 Å². The molecule has 1 aromatic carbocycles. The Balaban J connectivity index is 1.86. The molecule has 0 radical (unpaired) electrons. The molecule has 8 heteroatoms. The second-order valence-corrected chi connectivity index (χ2v) is 7.24. The minimum atomic E-state index is -3.28. The third-order valence-electron chi connectivity index (χ3n) is 3.42. The number of sulfonamides is 1. The van der Waals surface area contributed by atoms with Gasteiger partial charge in [0.25, 0.3) is 0 Å². The molecule has 0 saturated carbocycles. The van der Waals surface area contributed by atoms with E-state index in [4.69, 9.17) is 0 Å². The van der Waals surface area contributed by atoms with E-state index in [0.29, 0.717) is 25.1 Å². The van der Waals surface area contributed by atoms with Crippen molar-refractivity contribution in [2.75, 3.05) is 19.3 Å². The standard InChI is InChI=1S/C14H20FN3O3S/c1-22(20,21)17-13-6-3-7-18(10-13)14(19)16-9-11-4-2-5-12(15)8-11/h2,4-5,8,13,17H,3,6-7,9-10H2,1H3,(H,16,19). The van der Waals surface area contributed by atoms with Crippen LogP contribution < -0.4 is 10.0 Å². The summed E-state index contributed by atoms with van der Waals surface area (Å²) in [4.78, 5) is 13.7. The van der Waals surface area contributed by atoms with Gasteiger partial charge in [-0.05, 0) is 30.5 Å². The Kier molecular flexibility index (Phi) is 5.36. The van der Waals surface area contributed by atoms with Crippen LogP contribution in [0, 0.1) is 5.82 Å². The Morgan fingerprint density at radius 1 is 1.45 bits per heavy atom. The summed E-state index contributed by atoms with van der Waals surface area (Å²) in [5.41, 5.74) is 0.677. The third kappa shape index (κ3) is 5.27. The second kappa shape index (κ2) is 7.06. The number of nitrogens with one attached hydrogen (secondary N) is 2. The van der Waals surface area contributed by atoms with Gasteiger partial charge < -0.3 is 10.2 Å². The van der Waals surface area contributed by atoms with Crippen molar-refractivity contribution in [1.29, 1.82) is 0 Å². The fourth-order valence-electron chi connectivity index (χ4n) is 2.50. The van der Waals surface area contributed by atoms with Crippen molar-refractivity contribution >= 4 is 16.1 Å². The number of likely N-dealkylation sites (tertiary alicyclic amines) is 1. The van der Waals surface area contributed by atoms with Crippen LogP contribution in [-0.2, 0) is 16.6 Å². The van der Waals surface area contributed by atoms with Crippen molar-refractivity contribution < 1.29 is 17.6 Å². The molecule has 6 nitrogen and oxygen atoms in total. The Morgan fingerprint density at radius 3 is 2.91 bits per heavy atom. The summed E-state index contributed by atoms with van der Waals surface area (Å²) in [5.74, 6) is -0.345. The van der Waals surface area contributed by atoms with Gasteiger partial charge in [0.15, 0.2) is 0 Å². The molecule has 1 aliphatic rings. The molecule has 1 saturated heterocycles. The molecule has 1 aromatic rings. The van der Waals surface area contributed by atoms with Gasteiger partial charge in [0.2, 0.25) is 10.0 Å². The van der Waals surface area contributed by atoms with Gasteiger partial charge in [-0.25, -0.2) is 22.3 Å². The molecule has 1 atom stereocenters. The highest BCUT2D eigenvalue weighted by Gasteiger charge is 2.25. The molecule has 0 spiro atoms. The lowest BCUT2D eigenvalue weighted by Crippen LogP contribution is -2.51. The zero-order valence-electron chi connectivity index (χ0n) is 12.4. The van der Waals surface area contributed by atoms with Crippen LogP contribution in [0.15, 0.2) is 24.3 Å². The number of carbonyl (C=O) groups excluding carboxylic acids is 1. The van der Waals surface area contributed by atoms with Gasteiger partial charge in [-0.15, -0.1) is 0 Å². The highest BCUT2D eigenvalue weighted by Crippen LogP contribution is 2.11. The van der Waals surface area contributed by atoms with E-state index in [0.717, 1.165) is 12.7 Å². The number of nitrogens with zero attached hydrogens (tertiary/aromatic N) is 1. The summed E-state index contributed by atoms with van der Waals surface area (Å²) >= 11 is 0. The molecule has 1 heterocycles. The van der Waals surface area contributed by atoms with Crippen molar-refractivity contribution in [3.63, 3.8) is 0 Å². The molecule has 2 amide bonds. The summed E-state index contributed by atoms with van der Waals surface area (Å²) in [6.45, 7) is 1.15. The van der Waals surface area contributed by atoms with Crippen molar-refractivity contribution in [1.82, 2.24) is 14.9 Å². The fourth-order valence-corrected chi connectivity index (χ4v) is 3.29. The average Bonchev–Trinajstić information content (AvgIpc) is 2.43. The van der Waals surface area contributed by atoms with Gasteiger partial charge in [-0.1, -0.05) is 12.1 Å². The van der Waals surface area contributed by atoms with E-state index in [-0.39, 0.29) is 24.4 Å². The molecule has 1 fully saturated rings. The largest absolute Gasteiger partial charge is 0.334 e. The molecule has 2 N–H and O–H groups in total. The first-order valence-corrected chi connectivity index (χ1v) is 8.97. The second-order valence-electron chi connectivity index (χ2n) is 5.46. The van der Waals surface area contributed by atoms with Crippen LogP contribution in [0.25, 0.3) is 0 Å². The number of urea groups is 1. The molecule has 1 unspecified atom stereocenters. The predicted molar refractivity (Wildman–Crippen MR) is 81.2 cm³/mol. The zero-order chi connectivity index (χ0) is 16.2. The number of hydrogen-bond donors (Lipinski definition) is 2. The number of carbonyl (C=O) groups is 1. The quantitative estimate of drug-likeness (QED) is 0.867. The molecule has 1 aliphatic heterocycles. The van der Waals surface area contributed by atoms with Gasteiger partial charge in [0.1, 0.15) is 5.82 Å². The SMILES string of the molecule is CS(=O)(=O)NC1CCCN(C(=O)NCc2cccc(F)c2)C1. The van der Waals surface area contributed by atoms with E-state index in [9.17, 15) is 17.6 Å². The maximum atomic E-state index is 13.1. The van der Waals surface area contributed by atoms with Crippen LogP contribution in [0.3, 0.4) is 0 Å². The number of piperidine rings is 1. The van der Waals surface area contributed by atoms with Crippen molar-refractivity contribution in [3.05, 3.63) is 35.6 Å². The smallest absolute Gasteiger partial charge is 0.317 e. The first-order chi connectivity index (χ1) is 10.3. The summed E-state index contributed by atoms with van der Waals surface area (Å²) in [7, 11) is -3.28. The van der Waals surface area contributed by atoms with E-state index in [1.807, 2.05) is 0 Å². The van der Waals surface area contributed by atoms with Gasteiger partial charge in [0.05, 0.1) is 6.26 Å². The molecule has 0 aliphatic carbocycles. The highest BCUT2D eigenvalue weighted by molar-refractivity contribution is 7.88. The van der Waals surface area contributed by atoms with E-state index < -0.39 is 10.0 Å². The van der Waals surface area contributed by atoms with Crippen molar-refractivity contribution in [3.8, 4) is 0 Å². The lowest BCUT2D eigenvalue weighted by Gasteiger charge is -2.32. The minimum absolute atomic E-state index is 0.233. The van der Waals surface area contributed by atoms with Crippen molar-refractivity contribution in [2.45, 2.75) is 25.4 Å². The third-order valence-corrected chi connectivity index (χ3v) is 4.18. The Morgan fingerprint density at radius 2 is 2.23 bits per heavy atom. The van der Waals surface area contributed by atoms with E-state index in [1.165, 1.54) is 12.1 Å². The predicted octanol–water partition coefficient (Wildman–Crippen LogP) is 1.05. The summed E-state index contributed by atoms with van der Waals surface area (Å²) < 4.78 is 38.1. The van der Waals surface area contributed by atoms with Crippen LogP contribution >= 0.6 is 0 Å². The van der Waals surface area contributed by atoms with Crippen LogP contribution in [0.4, 0.5) is 9.18 Å². The maximum Gasteiger partial charge on any atom is 0.317 e. The molecule has 0 bridgehead atoms.